The van der Waals surface area contributed by atoms with Crippen molar-refractivity contribution in [2.45, 2.75) is 33.1 Å². The number of rotatable bonds is 7. The first-order valence-corrected chi connectivity index (χ1v) is 8.48. The standard InChI is InChI=1S/C19H23N5O/c1-14-11-15(2)24(23-14)18-6-3-16(4-7-18)5-8-19(25)21-10-9-17-12-20-13-22-17/h3-4,6-7,11-13H,5,8-10H2,1-2H3,(H,20,22)(H,21,25). The minimum absolute atomic E-state index is 0.0714. The highest BCUT2D eigenvalue weighted by Crippen LogP contribution is 2.14. The minimum atomic E-state index is 0.0714. The lowest BCUT2D eigenvalue weighted by molar-refractivity contribution is -0.121. The molecule has 0 unspecified atom stereocenters. The molecule has 1 aromatic carbocycles. The van der Waals surface area contributed by atoms with Gasteiger partial charge < -0.3 is 10.3 Å². The summed E-state index contributed by atoms with van der Waals surface area (Å²) in [6.07, 6.45) is 5.40. The van der Waals surface area contributed by atoms with E-state index in [1.807, 2.05) is 30.7 Å². The molecule has 25 heavy (non-hydrogen) atoms. The molecule has 1 amide bonds. The third kappa shape index (κ3) is 4.56. The van der Waals surface area contributed by atoms with Crippen molar-refractivity contribution in [3.05, 3.63) is 65.5 Å². The molecule has 6 nitrogen and oxygen atoms in total. The molecule has 2 heterocycles. The zero-order valence-electron chi connectivity index (χ0n) is 14.6. The highest BCUT2D eigenvalue weighted by molar-refractivity contribution is 5.76. The highest BCUT2D eigenvalue weighted by Gasteiger charge is 2.05. The maximum Gasteiger partial charge on any atom is 0.220 e. The molecule has 0 saturated carbocycles. The first-order valence-electron chi connectivity index (χ1n) is 8.48. The lowest BCUT2D eigenvalue weighted by Crippen LogP contribution is -2.25. The summed E-state index contributed by atoms with van der Waals surface area (Å²) < 4.78 is 1.93. The van der Waals surface area contributed by atoms with Crippen LogP contribution in [0, 0.1) is 13.8 Å². The second kappa shape index (κ2) is 7.79. The molecule has 0 radical (unpaired) electrons. The summed E-state index contributed by atoms with van der Waals surface area (Å²) in [6.45, 7) is 4.65. The van der Waals surface area contributed by atoms with Crippen LogP contribution in [-0.4, -0.2) is 32.2 Å². The Morgan fingerprint density at radius 1 is 1.20 bits per heavy atom. The summed E-state index contributed by atoms with van der Waals surface area (Å²) in [5, 5.41) is 7.42. The predicted molar refractivity (Wildman–Crippen MR) is 96.7 cm³/mol. The predicted octanol–water partition coefficient (Wildman–Crippen LogP) is 2.50. The number of amides is 1. The summed E-state index contributed by atoms with van der Waals surface area (Å²) in [5.74, 6) is 0.0714. The molecule has 3 aromatic rings. The molecule has 0 fully saturated rings. The fourth-order valence-corrected chi connectivity index (χ4v) is 2.80. The van der Waals surface area contributed by atoms with Crippen molar-refractivity contribution in [3.8, 4) is 5.69 Å². The van der Waals surface area contributed by atoms with E-state index in [0.717, 1.165) is 41.2 Å². The minimum Gasteiger partial charge on any atom is -0.356 e. The van der Waals surface area contributed by atoms with Crippen molar-refractivity contribution in [2.75, 3.05) is 6.54 Å². The fraction of sp³-hybridized carbons (Fsp3) is 0.316. The quantitative estimate of drug-likeness (QED) is 0.695. The Bertz CT molecular complexity index is 818. The van der Waals surface area contributed by atoms with Gasteiger partial charge in [0.25, 0.3) is 0 Å². The van der Waals surface area contributed by atoms with Gasteiger partial charge in [0.05, 0.1) is 17.7 Å². The van der Waals surface area contributed by atoms with Gasteiger partial charge in [0.15, 0.2) is 0 Å². The first-order chi connectivity index (χ1) is 12.1. The number of benzene rings is 1. The summed E-state index contributed by atoms with van der Waals surface area (Å²) >= 11 is 0. The summed E-state index contributed by atoms with van der Waals surface area (Å²) in [4.78, 5) is 18.9. The number of aromatic nitrogens is 4. The Labute approximate surface area is 147 Å². The average Bonchev–Trinajstić information content (AvgIpc) is 3.23. The van der Waals surface area contributed by atoms with Crippen LogP contribution in [0.4, 0.5) is 0 Å². The van der Waals surface area contributed by atoms with Crippen molar-refractivity contribution in [3.63, 3.8) is 0 Å². The van der Waals surface area contributed by atoms with Gasteiger partial charge in [0.2, 0.25) is 5.91 Å². The first kappa shape index (κ1) is 17.0. The Balaban J connectivity index is 1.46. The smallest absolute Gasteiger partial charge is 0.220 e. The molecule has 2 N–H and O–H groups in total. The van der Waals surface area contributed by atoms with Gasteiger partial charge in [-0.05, 0) is 44.0 Å². The largest absolute Gasteiger partial charge is 0.356 e. The fourth-order valence-electron chi connectivity index (χ4n) is 2.80. The number of carbonyl (C=O) groups excluding carboxylic acids is 1. The average molecular weight is 337 g/mol. The van der Waals surface area contributed by atoms with Crippen LogP contribution in [0.15, 0.2) is 42.9 Å². The van der Waals surface area contributed by atoms with Crippen LogP contribution in [0.3, 0.4) is 0 Å². The van der Waals surface area contributed by atoms with E-state index >= 15 is 0 Å². The van der Waals surface area contributed by atoms with Crippen molar-refractivity contribution in [1.82, 2.24) is 25.1 Å². The lowest BCUT2D eigenvalue weighted by Gasteiger charge is -2.07. The number of aryl methyl sites for hydroxylation is 3. The molecule has 2 aromatic heterocycles. The van der Waals surface area contributed by atoms with Crippen LogP contribution < -0.4 is 5.32 Å². The van der Waals surface area contributed by atoms with Gasteiger partial charge in [0, 0.05) is 37.0 Å². The van der Waals surface area contributed by atoms with Gasteiger partial charge in [0.1, 0.15) is 0 Å². The van der Waals surface area contributed by atoms with E-state index in [9.17, 15) is 4.79 Å². The normalized spacial score (nSPS) is 10.8. The van der Waals surface area contributed by atoms with E-state index in [2.05, 4.69) is 38.6 Å². The van der Waals surface area contributed by atoms with Crippen LogP contribution >= 0.6 is 0 Å². The Hall–Kier alpha value is -2.89. The van der Waals surface area contributed by atoms with E-state index in [1.165, 1.54) is 0 Å². The number of hydrogen-bond acceptors (Lipinski definition) is 3. The van der Waals surface area contributed by atoms with Crippen LogP contribution in [0.2, 0.25) is 0 Å². The van der Waals surface area contributed by atoms with Gasteiger partial charge >= 0.3 is 0 Å². The van der Waals surface area contributed by atoms with Crippen LogP contribution in [0.25, 0.3) is 5.69 Å². The zero-order valence-corrected chi connectivity index (χ0v) is 14.6. The Morgan fingerprint density at radius 3 is 2.64 bits per heavy atom. The van der Waals surface area contributed by atoms with Crippen LogP contribution in [-0.2, 0) is 17.6 Å². The molecule has 0 aliphatic rings. The molecule has 130 valence electrons. The van der Waals surface area contributed by atoms with Gasteiger partial charge in [-0.25, -0.2) is 9.67 Å². The maximum atomic E-state index is 11.9. The highest BCUT2D eigenvalue weighted by atomic mass is 16.1. The van der Waals surface area contributed by atoms with Gasteiger partial charge in [-0.2, -0.15) is 5.10 Å². The zero-order chi connectivity index (χ0) is 17.6. The number of nitrogens with one attached hydrogen (secondary N) is 2. The molecular formula is C19H23N5O. The topological polar surface area (TPSA) is 75.6 Å². The Kier molecular flexibility index (Phi) is 5.28. The molecule has 0 saturated heterocycles. The van der Waals surface area contributed by atoms with Crippen molar-refractivity contribution in [2.24, 2.45) is 0 Å². The van der Waals surface area contributed by atoms with Gasteiger partial charge in [-0.3, -0.25) is 4.79 Å². The van der Waals surface area contributed by atoms with E-state index in [0.29, 0.717) is 13.0 Å². The molecule has 0 atom stereocenters. The summed E-state index contributed by atoms with van der Waals surface area (Å²) in [7, 11) is 0. The van der Waals surface area contributed by atoms with E-state index < -0.39 is 0 Å². The number of nitrogens with zero attached hydrogens (tertiary/aromatic N) is 3. The Morgan fingerprint density at radius 2 is 2.00 bits per heavy atom. The van der Waals surface area contributed by atoms with Crippen molar-refractivity contribution >= 4 is 5.91 Å². The number of carbonyl (C=O) groups is 1. The summed E-state index contributed by atoms with van der Waals surface area (Å²) in [6, 6.07) is 10.3. The monoisotopic (exact) mass is 337 g/mol. The van der Waals surface area contributed by atoms with Crippen molar-refractivity contribution in [1.29, 1.82) is 0 Å². The molecule has 0 aliphatic heterocycles. The molecule has 0 spiro atoms. The molecule has 0 bridgehead atoms. The maximum absolute atomic E-state index is 11.9. The van der Waals surface area contributed by atoms with Gasteiger partial charge in [-0.15, -0.1) is 0 Å². The van der Waals surface area contributed by atoms with Crippen molar-refractivity contribution < 1.29 is 4.79 Å². The second-order valence-corrected chi connectivity index (χ2v) is 6.18. The number of H-pyrrole nitrogens is 1. The lowest BCUT2D eigenvalue weighted by atomic mass is 10.1. The van der Waals surface area contributed by atoms with E-state index in [1.54, 1.807) is 12.5 Å². The number of hydrogen-bond donors (Lipinski definition) is 2. The van der Waals surface area contributed by atoms with Crippen LogP contribution in [0.5, 0.6) is 0 Å². The third-order valence-corrected chi connectivity index (χ3v) is 4.10. The van der Waals surface area contributed by atoms with Gasteiger partial charge in [-0.1, -0.05) is 12.1 Å². The molecule has 6 heteroatoms. The molecule has 3 rings (SSSR count). The second-order valence-electron chi connectivity index (χ2n) is 6.18. The SMILES string of the molecule is Cc1cc(C)n(-c2ccc(CCC(=O)NCCc3cnc[nH]3)cc2)n1. The summed E-state index contributed by atoms with van der Waals surface area (Å²) in [5.41, 5.74) is 5.34. The van der Waals surface area contributed by atoms with E-state index in [-0.39, 0.29) is 5.91 Å². The number of imidazole rings is 1. The molecule has 0 aliphatic carbocycles. The molecular weight excluding hydrogens is 314 g/mol. The third-order valence-electron chi connectivity index (χ3n) is 4.10. The van der Waals surface area contributed by atoms with Crippen LogP contribution in [0.1, 0.15) is 29.1 Å². The number of aromatic amines is 1. The van der Waals surface area contributed by atoms with E-state index in [4.69, 9.17) is 0 Å².